The summed E-state index contributed by atoms with van der Waals surface area (Å²) in [7, 11) is 0. The van der Waals surface area contributed by atoms with E-state index < -0.39 is 29.5 Å². The lowest BCUT2D eigenvalue weighted by Gasteiger charge is -2.32. The third-order valence-corrected chi connectivity index (χ3v) is 5.76. The van der Waals surface area contributed by atoms with Crippen LogP contribution in [0.1, 0.15) is 44.7 Å². The Balaban J connectivity index is 1.36. The Bertz CT molecular complexity index is 1020. The molecule has 2 aromatic rings. The Morgan fingerprint density at radius 1 is 0.971 bits per heavy atom. The quantitative estimate of drug-likeness (QED) is 0.543. The van der Waals surface area contributed by atoms with E-state index >= 15 is 0 Å². The predicted octanol–water partition coefficient (Wildman–Crippen LogP) is 3.16. The normalized spacial score (nSPS) is 15.0. The average molecular weight is 477 g/mol. The number of benzene rings is 2. The molecular formula is C24H26F3N3O4. The third-order valence-electron chi connectivity index (χ3n) is 5.76. The maximum atomic E-state index is 12.8. The topological polar surface area (TPSA) is 98.7 Å². The van der Waals surface area contributed by atoms with Crippen LogP contribution in [0.2, 0.25) is 0 Å². The van der Waals surface area contributed by atoms with Crippen molar-refractivity contribution in [3.05, 3.63) is 70.8 Å². The molecule has 0 atom stereocenters. The zero-order valence-electron chi connectivity index (χ0n) is 18.4. The van der Waals surface area contributed by atoms with Crippen LogP contribution >= 0.6 is 0 Å². The zero-order valence-corrected chi connectivity index (χ0v) is 18.4. The van der Waals surface area contributed by atoms with Crippen molar-refractivity contribution in [1.29, 1.82) is 0 Å². The van der Waals surface area contributed by atoms with Crippen LogP contribution in [0.3, 0.4) is 0 Å². The molecule has 0 bridgehead atoms. The molecule has 0 aliphatic carbocycles. The van der Waals surface area contributed by atoms with E-state index in [1.54, 1.807) is 12.1 Å². The van der Waals surface area contributed by atoms with Gasteiger partial charge in [0.1, 0.15) is 0 Å². The van der Waals surface area contributed by atoms with E-state index in [0.717, 1.165) is 56.2 Å². The predicted molar refractivity (Wildman–Crippen MR) is 118 cm³/mol. The van der Waals surface area contributed by atoms with E-state index in [4.69, 9.17) is 5.11 Å². The molecule has 0 unspecified atom stereocenters. The van der Waals surface area contributed by atoms with Gasteiger partial charge in [-0.05, 0) is 67.7 Å². The number of carbonyl (C=O) groups excluding carboxylic acids is 2. The van der Waals surface area contributed by atoms with E-state index in [2.05, 4.69) is 15.5 Å². The summed E-state index contributed by atoms with van der Waals surface area (Å²) >= 11 is 0. The summed E-state index contributed by atoms with van der Waals surface area (Å²) in [6.07, 6.45) is -2.79. The number of piperidine rings is 1. The van der Waals surface area contributed by atoms with E-state index in [1.807, 2.05) is 12.1 Å². The monoisotopic (exact) mass is 477 g/mol. The molecule has 0 radical (unpaired) electrons. The fourth-order valence-corrected chi connectivity index (χ4v) is 3.78. The first kappa shape index (κ1) is 25.2. The molecule has 0 aromatic heterocycles. The molecule has 1 fully saturated rings. The molecule has 0 saturated carbocycles. The number of nitrogens with zero attached hydrogens (tertiary/aromatic N) is 1. The lowest BCUT2D eigenvalue weighted by Crippen LogP contribution is -2.41. The van der Waals surface area contributed by atoms with E-state index in [0.29, 0.717) is 6.54 Å². The molecule has 2 aromatic carbocycles. The molecule has 10 heteroatoms. The molecule has 0 spiro atoms. The first-order valence-electron chi connectivity index (χ1n) is 10.9. The minimum Gasteiger partial charge on any atom is -0.478 e. The van der Waals surface area contributed by atoms with Gasteiger partial charge in [0.25, 0.3) is 5.91 Å². The van der Waals surface area contributed by atoms with Crippen LogP contribution < -0.4 is 10.6 Å². The van der Waals surface area contributed by atoms with Crippen molar-refractivity contribution in [3.63, 3.8) is 0 Å². The molecule has 2 amide bonds. The van der Waals surface area contributed by atoms with Gasteiger partial charge in [-0.15, -0.1) is 0 Å². The summed E-state index contributed by atoms with van der Waals surface area (Å²) in [5, 5.41) is 14.1. The third kappa shape index (κ3) is 7.31. The molecule has 7 nitrogen and oxygen atoms in total. The molecule has 34 heavy (non-hydrogen) atoms. The van der Waals surface area contributed by atoms with Gasteiger partial charge in [-0.2, -0.15) is 13.2 Å². The molecule has 3 rings (SSSR count). The number of alkyl halides is 3. The van der Waals surface area contributed by atoms with Gasteiger partial charge in [0.05, 0.1) is 17.7 Å². The van der Waals surface area contributed by atoms with Gasteiger partial charge in [0.15, 0.2) is 0 Å². The van der Waals surface area contributed by atoms with Gasteiger partial charge >= 0.3 is 12.1 Å². The lowest BCUT2D eigenvalue weighted by atomic mass is 9.96. The van der Waals surface area contributed by atoms with E-state index in [9.17, 15) is 27.6 Å². The Morgan fingerprint density at radius 3 is 2.26 bits per heavy atom. The van der Waals surface area contributed by atoms with Crippen molar-refractivity contribution in [3.8, 4) is 0 Å². The molecule has 182 valence electrons. The number of hydrogen-bond donors (Lipinski definition) is 3. The first-order valence-corrected chi connectivity index (χ1v) is 10.9. The smallest absolute Gasteiger partial charge is 0.416 e. The molecule has 1 aliphatic heterocycles. The Labute approximate surface area is 194 Å². The number of aromatic carboxylic acids is 1. The second-order valence-corrected chi connectivity index (χ2v) is 8.29. The largest absolute Gasteiger partial charge is 0.478 e. The number of likely N-dealkylation sites (tertiary alicyclic amines) is 1. The molecule has 1 saturated heterocycles. The van der Waals surface area contributed by atoms with Crippen LogP contribution in [0, 0.1) is 5.92 Å². The van der Waals surface area contributed by atoms with Crippen molar-refractivity contribution in [1.82, 2.24) is 15.5 Å². The van der Waals surface area contributed by atoms with Crippen molar-refractivity contribution in [2.45, 2.75) is 25.6 Å². The van der Waals surface area contributed by atoms with Crippen LogP contribution in [-0.4, -0.2) is 54.0 Å². The maximum absolute atomic E-state index is 12.8. The first-order chi connectivity index (χ1) is 16.1. The number of carboxylic acid groups (broad SMARTS) is 1. The van der Waals surface area contributed by atoms with E-state index in [-0.39, 0.29) is 23.6 Å². The molecule has 1 aliphatic rings. The standard InChI is InChI=1S/C24H26F3N3O4/c25-24(26,27)20-3-1-2-19(12-20)22(32)29-14-21(31)28-13-16-8-10-30(11-9-16)15-17-4-6-18(7-5-17)23(33)34/h1-7,12,16H,8-11,13-15H2,(H,28,31)(H,29,32)(H,33,34). The maximum Gasteiger partial charge on any atom is 0.416 e. The summed E-state index contributed by atoms with van der Waals surface area (Å²) in [6, 6.07) is 10.8. The minimum atomic E-state index is -4.55. The summed E-state index contributed by atoms with van der Waals surface area (Å²) in [6.45, 7) is 2.54. The Kier molecular flexibility index (Phi) is 8.27. The number of hydrogen-bond acceptors (Lipinski definition) is 4. The molecular weight excluding hydrogens is 451 g/mol. The van der Waals surface area contributed by atoms with Gasteiger partial charge in [-0.25, -0.2) is 4.79 Å². The number of amides is 2. The van der Waals surface area contributed by atoms with Crippen molar-refractivity contribution in [2.24, 2.45) is 5.92 Å². The Hall–Kier alpha value is -3.40. The zero-order chi connectivity index (χ0) is 24.7. The molecule has 1 heterocycles. The summed E-state index contributed by atoms with van der Waals surface area (Å²) in [4.78, 5) is 37.4. The van der Waals surface area contributed by atoms with Gasteiger partial charge in [-0.3, -0.25) is 14.5 Å². The molecule has 3 N–H and O–H groups in total. The summed E-state index contributed by atoms with van der Waals surface area (Å²) in [5.41, 5.74) is 0.207. The minimum absolute atomic E-state index is 0.160. The van der Waals surface area contributed by atoms with E-state index in [1.165, 1.54) is 6.07 Å². The van der Waals surface area contributed by atoms with Crippen LogP contribution in [-0.2, 0) is 17.5 Å². The lowest BCUT2D eigenvalue weighted by molar-refractivity contribution is -0.137. The van der Waals surface area contributed by atoms with Crippen molar-refractivity contribution in [2.75, 3.05) is 26.2 Å². The highest BCUT2D eigenvalue weighted by Crippen LogP contribution is 2.29. The number of carboxylic acids is 1. The van der Waals surface area contributed by atoms with Crippen molar-refractivity contribution < 1.29 is 32.7 Å². The fraction of sp³-hybridized carbons (Fsp3) is 0.375. The summed E-state index contributed by atoms with van der Waals surface area (Å²) < 4.78 is 38.3. The van der Waals surface area contributed by atoms with Crippen LogP contribution in [0.15, 0.2) is 48.5 Å². The highest BCUT2D eigenvalue weighted by Gasteiger charge is 2.31. The van der Waals surface area contributed by atoms with Crippen LogP contribution in [0.25, 0.3) is 0 Å². The highest BCUT2D eigenvalue weighted by molar-refractivity contribution is 5.96. The second kappa shape index (κ2) is 11.1. The van der Waals surface area contributed by atoms with Crippen LogP contribution in [0.5, 0.6) is 0 Å². The van der Waals surface area contributed by atoms with Gasteiger partial charge in [0, 0.05) is 18.7 Å². The average Bonchev–Trinajstić information content (AvgIpc) is 2.82. The fourth-order valence-electron chi connectivity index (χ4n) is 3.78. The Morgan fingerprint density at radius 2 is 1.65 bits per heavy atom. The summed E-state index contributed by atoms with van der Waals surface area (Å²) in [5.74, 6) is -1.81. The SMILES string of the molecule is O=C(CNC(=O)c1cccc(C(F)(F)F)c1)NCC1CCN(Cc2ccc(C(=O)O)cc2)CC1. The highest BCUT2D eigenvalue weighted by atomic mass is 19.4. The number of rotatable bonds is 8. The van der Waals surface area contributed by atoms with Crippen LogP contribution in [0.4, 0.5) is 13.2 Å². The van der Waals surface area contributed by atoms with Gasteiger partial charge in [-0.1, -0.05) is 18.2 Å². The number of halogens is 3. The van der Waals surface area contributed by atoms with Gasteiger partial charge < -0.3 is 15.7 Å². The van der Waals surface area contributed by atoms with Gasteiger partial charge in [0.2, 0.25) is 5.91 Å². The second-order valence-electron chi connectivity index (χ2n) is 8.29. The number of carbonyl (C=O) groups is 3. The van der Waals surface area contributed by atoms with Crippen molar-refractivity contribution >= 4 is 17.8 Å². The number of nitrogens with one attached hydrogen (secondary N) is 2.